The van der Waals surface area contributed by atoms with E-state index in [1.54, 1.807) is 54.9 Å². The highest BCUT2D eigenvalue weighted by atomic mass is 16.5. The molecule has 0 spiro atoms. The summed E-state index contributed by atoms with van der Waals surface area (Å²) in [6.07, 6.45) is 5.43. The Morgan fingerprint density at radius 2 is 1.80 bits per heavy atom. The number of aromatic nitrogens is 3. The van der Waals surface area contributed by atoms with Crippen LogP contribution in [0, 0.1) is 0 Å². The van der Waals surface area contributed by atoms with E-state index < -0.39 is 11.6 Å². The number of amides is 1. The van der Waals surface area contributed by atoms with Crippen molar-refractivity contribution >= 4 is 17.7 Å². The summed E-state index contributed by atoms with van der Waals surface area (Å²) >= 11 is 0. The van der Waals surface area contributed by atoms with E-state index in [1.807, 2.05) is 25.1 Å². The summed E-state index contributed by atoms with van der Waals surface area (Å²) < 4.78 is 17.0. The molecule has 4 rings (SSSR count). The first-order valence-corrected chi connectivity index (χ1v) is 12.7. The molecule has 0 radical (unpaired) electrons. The molecule has 1 amide bonds. The number of carbonyl (C=O) groups excluding carboxylic acids is 1. The van der Waals surface area contributed by atoms with Crippen molar-refractivity contribution in [2.75, 3.05) is 11.9 Å². The summed E-state index contributed by atoms with van der Waals surface area (Å²) in [6, 6.07) is 17.9. The largest absolute Gasteiger partial charge is 0.488 e. The fourth-order valence-electron chi connectivity index (χ4n) is 3.64. The van der Waals surface area contributed by atoms with Gasteiger partial charge < -0.3 is 24.6 Å². The first kappa shape index (κ1) is 28.0. The second-order valence-electron chi connectivity index (χ2n) is 9.27. The molecule has 0 unspecified atom stereocenters. The van der Waals surface area contributed by atoms with Crippen LogP contribution in [-0.4, -0.2) is 44.1 Å². The van der Waals surface area contributed by atoms with Crippen LogP contribution in [0.2, 0.25) is 0 Å². The monoisotopic (exact) mass is 542 g/mol. The van der Waals surface area contributed by atoms with Gasteiger partial charge in [-0.1, -0.05) is 24.3 Å². The van der Waals surface area contributed by atoms with Gasteiger partial charge in [-0.2, -0.15) is 0 Å². The zero-order valence-electron chi connectivity index (χ0n) is 22.5. The molecule has 2 N–H and O–H groups in total. The van der Waals surface area contributed by atoms with Crippen LogP contribution >= 0.6 is 0 Å². The molecule has 0 saturated heterocycles. The first-order valence-electron chi connectivity index (χ1n) is 12.7. The van der Waals surface area contributed by atoms with E-state index in [0.717, 1.165) is 11.1 Å². The third kappa shape index (κ3) is 7.53. The molecule has 2 heterocycles. The van der Waals surface area contributed by atoms with Gasteiger partial charge in [0, 0.05) is 18.2 Å². The summed E-state index contributed by atoms with van der Waals surface area (Å²) in [4.78, 5) is 36.9. The molecule has 2 aromatic carbocycles. The van der Waals surface area contributed by atoms with Crippen LogP contribution in [-0.2, 0) is 16.0 Å². The first-order chi connectivity index (χ1) is 19.2. The SMILES string of the molecule is CCOc1cccnc1Oc1cccc(-c2cncc(NC(=O)CCc3ccc(OC(C)(C)C(=O)O)cc3)n2)c1. The van der Waals surface area contributed by atoms with Crippen LogP contribution in [0.3, 0.4) is 0 Å². The average molecular weight is 543 g/mol. The Labute approximate surface area is 232 Å². The zero-order valence-corrected chi connectivity index (χ0v) is 22.5. The summed E-state index contributed by atoms with van der Waals surface area (Å²) in [5.41, 5.74) is 0.891. The number of ether oxygens (including phenoxy) is 3. The van der Waals surface area contributed by atoms with E-state index in [1.165, 1.54) is 20.0 Å². The number of pyridine rings is 1. The van der Waals surface area contributed by atoms with Crippen LogP contribution in [0.25, 0.3) is 11.3 Å². The van der Waals surface area contributed by atoms with Crippen molar-refractivity contribution in [2.45, 2.75) is 39.2 Å². The number of aliphatic carboxylic acids is 1. The minimum atomic E-state index is -1.34. The standard InChI is InChI=1S/C30H30N4O6/c1-4-38-25-9-6-16-32-28(25)39-23-8-5-7-21(17-23)24-18-31-19-26(33-24)34-27(35)15-12-20-10-13-22(14-11-20)40-30(2,3)29(36)37/h5-11,13-14,16-19H,4,12,15H2,1-3H3,(H,36,37)(H,33,34,35). The topological polar surface area (TPSA) is 133 Å². The highest BCUT2D eigenvalue weighted by Gasteiger charge is 2.29. The predicted octanol–water partition coefficient (Wildman–Crippen LogP) is 5.54. The molecule has 0 aliphatic carbocycles. The molecule has 0 aliphatic heterocycles. The van der Waals surface area contributed by atoms with E-state index in [0.29, 0.717) is 47.7 Å². The van der Waals surface area contributed by atoms with Crippen LogP contribution in [0.5, 0.6) is 23.1 Å². The Morgan fingerprint density at radius 1 is 1.00 bits per heavy atom. The minimum Gasteiger partial charge on any atom is -0.488 e. The van der Waals surface area contributed by atoms with E-state index in [4.69, 9.17) is 14.2 Å². The van der Waals surface area contributed by atoms with Gasteiger partial charge in [-0.15, -0.1) is 0 Å². The number of carboxylic acid groups (broad SMARTS) is 1. The molecular formula is C30H30N4O6. The lowest BCUT2D eigenvalue weighted by Gasteiger charge is -2.21. The number of nitrogens with zero attached hydrogens (tertiary/aromatic N) is 3. The van der Waals surface area contributed by atoms with Crippen LogP contribution in [0.1, 0.15) is 32.8 Å². The minimum absolute atomic E-state index is 0.213. The number of nitrogens with one attached hydrogen (secondary N) is 1. The Morgan fingerprint density at radius 3 is 2.55 bits per heavy atom. The summed E-state index contributed by atoms with van der Waals surface area (Å²) in [5, 5.41) is 12.0. The quantitative estimate of drug-likeness (QED) is 0.237. The molecule has 40 heavy (non-hydrogen) atoms. The Balaban J connectivity index is 1.36. The number of benzene rings is 2. The van der Waals surface area contributed by atoms with E-state index in [2.05, 4.69) is 20.3 Å². The summed E-state index contributed by atoms with van der Waals surface area (Å²) in [6.45, 7) is 5.35. The van der Waals surface area contributed by atoms with Crippen molar-refractivity contribution in [1.29, 1.82) is 0 Å². The van der Waals surface area contributed by atoms with Crippen molar-refractivity contribution < 1.29 is 28.9 Å². The molecule has 0 fully saturated rings. The number of hydrogen-bond acceptors (Lipinski definition) is 8. The number of aryl methyl sites for hydroxylation is 1. The molecule has 0 atom stereocenters. The Bertz CT molecular complexity index is 1470. The lowest BCUT2D eigenvalue weighted by Crippen LogP contribution is -2.37. The molecular weight excluding hydrogens is 512 g/mol. The fourth-order valence-corrected chi connectivity index (χ4v) is 3.64. The molecule has 0 aliphatic rings. The van der Waals surface area contributed by atoms with E-state index in [-0.39, 0.29) is 12.3 Å². The molecule has 4 aromatic rings. The maximum absolute atomic E-state index is 12.6. The van der Waals surface area contributed by atoms with Crippen molar-refractivity contribution in [2.24, 2.45) is 0 Å². The van der Waals surface area contributed by atoms with Gasteiger partial charge in [-0.3, -0.25) is 9.78 Å². The maximum Gasteiger partial charge on any atom is 0.347 e. The third-order valence-corrected chi connectivity index (χ3v) is 5.73. The lowest BCUT2D eigenvalue weighted by molar-refractivity contribution is -0.152. The number of carbonyl (C=O) groups is 2. The van der Waals surface area contributed by atoms with Gasteiger partial charge in [-0.05, 0) is 69.2 Å². The molecule has 10 heteroatoms. The van der Waals surface area contributed by atoms with Gasteiger partial charge in [-0.25, -0.2) is 14.8 Å². The second-order valence-corrected chi connectivity index (χ2v) is 9.27. The number of carboxylic acids is 1. The van der Waals surface area contributed by atoms with E-state index in [9.17, 15) is 14.7 Å². The molecule has 206 valence electrons. The highest BCUT2D eigenvalue weighted by molar-refractivity contribution is 5.90. The van der Waals surface area contributed by atoms with Gasteiger partial charge in [0.25, 0.3) is 5.88 Å². The highest BCUT2D eigenvalue weighted by Crippen LogP contribution is 2.31. The normalized spacial score (nSPS) is 11.0. The van der Waals surface area contributed by atoms with Crippen molar-refractivity contribution in [3.63, 3.8) is 0 Å². The number of anilines is 1. The maximum atomic E-state index is 12.6. The predicted molar refractivity (Wildman–Crippen MR) is 149 cm³/mol. The van der Waals surface area contributed by atoms with Crippen LogP contribution in [0.4, 0.5) is 5.82 Å². The van der Waals surface area contributed by atoms with Gasteiger partial charge in [0.15, 0.2) is 17.2 Å². The van der Waals surface area contributed by atoms with Gasteiger partial charge >= 0.3 is 5.97 Å². The van der Waals surface area contributed by atoms with E-state index >= 15 is 0 Å². The number of rotatable bonds is 12. The smallest absolute Gasteiger partial charge is 0.347 e. The Hall–Kier alpha value is -4.99. The molecule has 2 aromatic heterocycles. The van der Waals surface area contributed by atoms with Gasteiger partial charge in [0.2, 0.25) is 5.91 Å². The summed E-state index contributed by atoms with van der Waals surface area (Å²) in [5.74, 6) is 0.966. The van der Waals surface area contributed by atoms with Crippen molar-refractivity contribution in [3.05, 3.63) is 84.8 Å². The lowest BCUT2D eigenvalue weighted by atomic mass is 10.1. The zero-order chi connectivity index (χ0) is 28.5. The fraction of sp³-hybridized carbons (Fsp3) is 0.233. The van der Waals surface area contributed by atoms with Crippen molar-refractivity contribution in [3.8, 4) is 34.4 Å². The molecule has 10 nitrogen and oxygen atoms in total. The molecule has 0 bridgehead atoms. The van der Waals surface area contributed by atoms with Crippen LogP contribution in [0.15, 0.2) is 79.3 Å². The second kappa shape index (κ2) is 12.7. The Kier molecular flexibility index (Phi) is 8.90. The number of hydrogen-bond donors (Lipinski definition) is 2. The summed E-state index contributed by atoms with van der Waals surface area (Å²) in [7, 11) is 0. The van der Waals surface area contributed by atoms with Gasteiger partial charge in [0.1, 0.15) is 11.5 Å². The molecule has 0 saturated carbocycles. The van der Waals surface area contributed by atoms with Crippen LogP contribution < -0.4 is 19.5 Å². The van der Waals surface area contributed by atoms with Gasteiger partial charge in [0.05, 0.1) is 24.7 Å². The average Bonchev–Trinajstić information content (AvgIpc) is 2.94. The van der Waals surface area contributed by atoms with Crippen molar-refractivity contribution in [1.82, 2.24) is 15.0 Å². The third-order valence-electron chi connectivity index (χ3n) is 5.73.